The van der Waals surface area contributed by atoms with Gasteiger partial charge in [-0.2, -0.15) is 5.10 Å². The fourth-order valence-corrected chi connectivity index (χ4v) is 1.46. The molecule has 0 aliphatic rings. The number of nitrogens with zero attached hydrogens (tertiary/aromatic N) is 2. The van der Waals surface area contributed by atoms with Crippen molar-refractivity contribution < 1.29 is 9.53 Å². The van der Waals surface area contributed by atoms with Crippen LogP contribution >= 0.6 is 11.6 Å². The summed E-state index contributed by atoms with van der Waals surface area (Å²) in [5, 5.41) is 7.23. The highest BCUT2D eigenvalue weighted by molar-refractivity contribution is 6.33. The average molecular weight is 232 g/mol. The molecule has 0 atom stereocenters. The van der Waals surface area contributed by atoms with Gasteiger partial charge in [0, 0.05) is 20.7 Å². The Hall–Kier alpha value is -0.910. The zero-order valence-corrected chi connectivity index (χ0v) is 9.54. The summed E-state index contributed by atoms with van der Waals surface area (Å²) >= 11 is 5.82. The molecule has 0 radical (unpaired) electrons. The van der Waals surface area contributed by atoms with Gasteiger partial charge < -0.3 is 10.1 Å². The van der Waals surface area contributed by atoms with Crippen LogP contribution in [0.15, 0.2) is 6.20 Å². The van der Waals surface area contributed by atoms with Crippen LogP contribution in [0.1, 0.15) is 10.5 Å². The summed E-state index contributed by atoms with van der Waals surface area (Å²) in [5.41, 5.74) is 0.432. The lowest BCUT2D eigenvalue weighted by atomic mass is 10.3. The zero-order chi connectivity index (χ0) is 11.3. The van der Waals surface area contributed by atoms with Gasteiger partial charge in [-0.15, -0.1) is 0 Å². The Kier molecular flexibility index (Phi) is 4.74. The first kappa shape index (κ1) is 12.2. The highest BCUT2D eigenvalue weighted by Crippen LogP contribution is 2.13. The Morgan fingerprint density at radius 1 is 1.73 bits per heavy atom. The highest BCUT2D eigenvalue weighted by atomic mass is 35.5. The molecule has 0 spiro atoms. The number of carbonyl (C=O) groups is 1. The number of halogens is 1. The molecule has 1 N–H and O–H groups in total. The Labute approximate surface area is 93.4 Å². The maximum absolute atomic E-state index is 11.7. The molecule has 0 fully saturated rings. The van der Waals surface area contributed by atoms with Crippen molar-refractivity contribution in [3.8, 4) is 0 Å². The first-order valence-electron chi connectivity index (χ1n) is 4.57. The van der Waals surface area contributed by atoms with E-state index >= 15 is 0 Å². The van der Waals surface area contributed by atoms with E-state index in [1.807, 2.05) is 0 Å². The molecule has 1 heterocycles. The summed E-state index contributed by atoms with van der Waals surface area (Å²) < 4.78 is 6.32. The van der Waals surface area contributed by atoms with Gasteiger partial charge in [-0.3, -0.25) is 9.48 Å². The number of hydrogen-bond acceptors (Lipinski definition) is 4. The molecule has 0 aliphatic carbocycles. The van der Waals surface area contributed by atoms with Crippen LogP contribution in [-0.4, -0.2) is 42.4 Å². The molecule has 0 aliphatic heterocycles. The van der Waals surface area contributed by atoms with Crippen LogP contribution in [0.5, 0.6) is 0 Å². The van der Waals surface area contributed by atoms with Crippen molar-refractivity contribution in [1.82, 2.24) is 15.1 Å². The molecule has 1 aromatic heterocycles. The molecular weight excluding hydrogens is 218 g/mol. The first-order chi connectivity index (χ1) is 7.16. The number of ketones is 1. The molecule has 0 amide bonds. The van der Waals surface area contributed by atoms with Crippen LogP contribution in [0.25, 0.3) is 0 Å². The summed E-state index contributed by atoms with van der Waals surface area (Å²) in [6, 6.07) is 0. The Morgan fingerprint density at radius 3 is 3.00 bits per heavy atom. The second-order valence-electron chi connectivity index (χ2n) is 3.06. The van der Waals surface area contributed by atoms with Gasteiger partial charge in [-0.25, -0.2) is 0 Å². The lowest BCUT2D eigenvalue weighted by Crippen LogP contribution is -2.27. The summed E-state index contributed by atoms with van der Waals surface area (Å²) in [4.78, 5) is 11.7. The molecule has 0 bridgehead atoms. The standard InChI is InChI=1S/C9H14ClN3O2/c1-13-9(7(10)5-12-13)8(14)6-11-3-4-15-2/h5,11H,3-4,6H2,1-2H3. The predicted octanol–water partition coefficient (Wildman–Crippen LogP) is 0.492. The van der Waals surface area contributed by atoms with Crippen LogP contribution in [0.2, 0.25) is 5.02 Å². The minimum atomic E-state index is -0.0731. The van der Waals surface area contributed by atoms with E-state index in [1.165, 1.54) is 10.9 Å². The van der Waals surface area contributed by atoms with Crippen molar-refractivity contribution in [2.45, 2.75) is 0 Å². The second-order valence-corrected chi connectivity index (χ2v) is 3.46. The molecule has 1 rings (SSSR count). The van der Waals surface area contributed by atoms with Crippen molar-refractivity contribution >= 4 is 17.4 Å². The van der Waals surface area contributed by atoms with Crippen molar-refractivity contribution in [3.63, 3.8) is 0 Å². The fraction of sp³-hybridized carbons (Fsp3) is 0.556. The molecule has 6 heteroatoms. The van der Waals surface area contributed by atoms with E-state index in [2.05, 4.69) is 10.4 Å². The van der Waals surface area contributed by atoms with Gasteiger partial charge in [0.1, 0.15) is 5.69 Å². The maximum atomic E-state index is 11.7. The van der Waals surface area contributed by atoms with Gasteiger partial charge in [-0.1, -0.05) is 11.6 Å². The quantitative estimate of drug-likeness (QED) is 0.572. The summed E-state index contributed by atoms with van der Waals surface area (Å²) in [7, 11) is 3.30. The molecule has 0 unspecified atom stereocenters. The highest BCUT2D eigenvalue weighted by Gasteiger charge is 2.14. The molecule has 0 aromatic carbocycles. The number of rotatable bonds is 6. The third kappa shape index (κ3) is 3.30. The Morgan fingerprint density at radius 2 is 2.47 bits per heavy atom. The van der Waals surface area contributed by atoms with Gasteiger partial charge >= 0.3 is 0 Å². The number of ether oxygens (including phenoxy) is 1. The molecule has 5 nitrogen and oxygen atoms in total. The lowest BCUT2D eigenvalue weighted by Gasteiger charge is -2.04. The van der Waals surface area contributed by atoms with Crippen LogP contribution in [0, 0.1) is 0 Å². The van der Waals surface area contributed by atoms with Crippen LogP contribution < -0.4 is 5.32 Å². The number of nitrogens with one attached hydrogen (secondary N) is 1. The zero-order valence-electron chi connectivity index (χ0n) is 8.79. The van der Waals surface area contributed by atoms with Gasteiger partial charge in [0.15, 0.2) is 5.78 Å². The average Bonchev–Trinajstić information content (AvgIpc) is 2.53. The normalized spacial score (nSPS) is 10.6. The monoisotopic (exact) mass is 231 g/mol. The number of aromatic nitrogens is 2. The Bertz CT molecular complexity index is 319. The third-order valence-electron chi connectivity index (χ3n) is 1.93. The summed E-state index contributed by atoms with van der Waals surface area (Å²) in [6.07, 6.45) is 1.46. The number of Topliss-reactive ketones (excluding diaryl/α,β-unsaturated/α-hetero) is 1. The van der Waals surface area contributed by atoms with E-state index in [-0.39, 0.29) is 12.3 Å². The van der Waals surface area contributed by atoms with Crippen LogP contribution in [0.3, 0.4) is 0 Å². The molecule has 0 saturated carbocycles. The smallest absolute Gasteiger partial charge is 0.196 e. The fourth-order valence-electron chi connectivity index (χ4n) is 1.18. The number of carbonyl (C=O) groups excluding carboxylic acids is 1. The second kappa shape index (κ2) is 5.85. The molecule has 0 saturated heterocycles. The molecule has 15 heavy (non-hydrogen) atoms. The van der Waals surface area contributed by atoms with E-state index in [9.17, 15) is 4.79 Å². The minimum absolute atomic E-state index is 0.0731. The number of methoxy groups -OCH3 is 1. The number of hydrogen-bond donors (Lipinski definition) is 1. The SMILES string of the molecule is COCCNCC(=O)c1c(Cl)cnn1C. The van der Waals surface area contributed by atoms with Crippen molar-refractivity contribution in [3.05, 3.63) is 16.9 Å². The third-order valence-corrected chi connectivity index (χ3v) is 2.20. The Balaban J connectivity index is 2.47. The van der Waals surface area contributed by atoms with Gasteiger partial charge in [0.25, 0.3) is 0 Å². The first-order valence-corrected chi connectivity index (χ1v) is 4.95. The molecule has 84 valence electrons. The van der Waals surface area contributed by atoms with E-state index in [0.717, 1.165) is 0 Å². The maximum Gasteiger partial charge on any atom is 0.196 e. The van der Waals surface area contributed by atoms with Gasteiger partial charge in [0.05, 0.1) is 24.4 Å². The van der Waals surface area contributed by atoms with E-state index in [0.29, 0.717) is 23.9 Å². The largest absolute Gasteiger partial charge is 0.383 e. The van der Waals surface area contributed by atoms with Crippen LogP contribution in [0.4, 0.5) is 0 Å². The predicted molar refractivity (Wildman–Crippen MR) is 57.3 cm³/mol. The topological polar surface area (TPSA) is 56.1 Å². The van der Waals surface area contributed by atoms with Gasteiger partial charge in [0.2, 0.25) is 0 Å². The van der Waals surface area contributed by atoms with E-state index < -0.39 is 0 Å². The summed E-state index contributed by atoms with van der Waals surface area (Å²) in [5.74, 6) is -0.0731. The van der Waals surface area contributed by atoms with Crippen LogP contribution in [-0.2, 0) is 11.8 Å². The molecule has 1 aromatic rings. The van der Waals surface area contributed by atoms with E-state index in [4.69, 9.17) is 16.3 Å². The summed E-state index contributed by atoms with van der Waals surface area (Å²) in [6.45, 7) is 1.45. The van der Waals surface area contributed by atoms with Crippen molar-refractivity contribution in [2.24, 2.45) is 7.05 Å². The van der Waals surface area contributed by atoms with E-state index in [1.54, 1.807) is 14.2 Å². The van der Waals surface area contributed by atoms with Gasteiger partial charge in [-0.05, 0) is 0 Å². The van der Waals surface area contributed by atoms with Crippen molar-refractivity contribution in [1.29, 1.82) is 0 Å². The lowest BCUT2D eigenvalue weighted by molar-refractivity contribution is 0.0979. The number of aryl methyl sites for hydroxylation is 1. The minimum Gasteiger partial charge on any atom is -0.383 e. The molecular formula is C9H14ClN3O2. The van der Waals surface area contributed by atoms with Crippen molar-refractivity contribution in [2.75, 3.05) is 26.8 Å².